The fraction of sp³-hybridized carbons (Fsp3) is 0.579. The van der Waals surface area contributed by atoms with E-state index >= 15 is 0 Å². The van der Waals surface area contributed by atoms with Gasteiger partial charge in [-0.05, 0) is 64.3 Å². The third-order valence-corrected chi connectivity index (χ3v) is 6.46. The summed E-state index contributed by atoms with van der Waals surface area (Å²) in [5, 5.41) is 2.74. The molecule has 2 aliphatic heterocycles. The van der Waals surface area contributed by atoms with Gasteiger partial charge < -0.3 is 9.31 Å². The van der Waals surface area contributed by atoms with Crippen LogP contribution in [0.5, 0.6) is 0 Å². The number of thioether (sulfide) groups is 1. The van der Waals surface area contributed by atoms with Gasteiger partial charge in [0.25, 0.3) is 0 Å². The van der Waals surface area contributed by atoms with Crippen LogP contribution in [0.1, 0.15) is 52.5 Å². The summed E-state index contributed by atoms with van der Waals surface area (Å²) in [6, 6.07) is 10.7. The number of hydrogen-bond donors (Lipinski definition) is 0. The Morgan fingerprint density at radius 2 is 1.70 bits per heavy atom. The highest BCUT2D eigenvalue weighted by Crippen LogP contribution is 2.43. The van der Waals surface area contributed by atoms with Crippen LogP contribution in [0.4, 0.5) is 0 Å². The minimum atomic E-state index is -0.228. The summed E-state index contributed by atoms with van der Waals surface area (Å²) in [6.45, 7) is 8.50. The molecule has 0 N–H and O–H groups in total. The molecule has 1 atom stereocenters. The van der Waals surface area contributed by atoms with Crippen LogP contribution in [0, 0.1) is 0 Å². The Balaban J connectivity index is 1.46. The van der Waals surface area contributed by atoms with Crippen LogP contribution >= 0.6 is 11.8 Å². The average Bonchev–Trinajstić information content (AvgIpc) is 3.03. The Hall–Kier alpha value is -0.705. The summed E-state index contributed by atoms with van der Waals surface area (Å²) in [6.07, 6.45) is 4.64. The number of rotatable bonds is 5. The van der Waals surface area contributed by atoms with Gasteiger partial charge in [-0.2, -0.15) is 0 Å². The van der Waals surface area contributed by atoms with Crippen LogP contribution < -0.4 is 0 Å². The summed E-state index contributed by atoms with van der Waals surface area (Å²) in [4.78, 5) is 0. The number of benzene rings is 1. The van der Waals surface area contributed by atoms with Crippen molar-refractivity contribution in [3.05, 3.63) is 46.9 Å². The standard InChI is InChI=1S/C19H27BO2S/c1-18(2)19(3,4)22-20(21-18)17-13-16(14-23-17)12-8-11-15-9-6-5-7-10-15/h5-7,9-10,14,17H,8,11-13H2,1-4H3. The molecule has 23 heavy (non-hydrogen) atoms. The molecule has 2 heterocycles. The molecule has 0 amide bonds. The van der Waals surface area contributed by atoms with Crippen molar-refractivity contribution in [2.75, 3.05) is 0 Å². The monoisotopic (exact) mass is 330 g/mol. The Kier molecular flexibility index (Phi) is 4.96. The van der Waals surface area contributed by atoms with Gasteiger partial charge in [0, 0.05) is 5.15 Å². The highest BCUT2D eigenvalue weighted by atomic mass is 32.2. The van der Waals surface area contributed by atoms with Gasteiger partial charge in [-0.25, -0.2) is 0 Å². The van der Waals surface area contributed by atoms with E-state index in [1.54, 1.807) is 5.57 Å². The zero-order valence-corrected chi connectivity index (χ0v) is 15.5. The molecule has 4 heteroatoms. The van der Waals surface area contributed by atoms with Crippen molar-refractivity contribution >= 4 is 18.9 Å². The van der Waals surface area contributed by atoms with Crippen LogP contribution in [0.25, 0.3) is 0 Å². The van der Waals surface area contributed by atoms with Crippen molar-refractivity contribution in [2.45, 2.75) is 69.7 Å². The first-order chi connectivity index (χ1) is 10.9. The SMILES string of the molecule is CC1(C)OB(C2CC(CCCc3ccccc3)=CS2)OC1(C)C. The molecule has 2 aliphatic rings. The molecule has 1 fully saturated rings. The van der Waals surface area contributed by atoms with Crippen LogP contribution in [0.2, 0.25) is 0 Å². The van der Waals surface area contributed by atoms with Gasteiger partial charge >= 0.3 is 7.12 Å². The third-order valence-electron chi connectivity index (χ3n) is 5.25. The molecule has 3 rings (SSSR count). The van der Waals surface area contributed by atoms with Crippen molar-refractivity contribution in [3.63, 3.8) is 0 Å². The Morgan fingerprint density at radius 3 is 2.35 bits per heavy atom. The zero-order chi connectivity index (χ0) is 16.5. The van der Waals surface area contributed by atoms with Crippen molar-refractivity contribution in [1.29, 1.82) is 0 Å². The van der Waals surface area contributed by atoms with Crippen LogP contribution in [0.15, 0.2) is 41.3 Å². The molecule has 1 saturated heterocycles. The van der Waals surface area contributed by atoms with E-state index < -0.39 is 0 Å². The molecule has 1 unspecified atom stereocenters. The zero-order valence-electron chi connectivity index (χ0n) is 14.7. The van der Waals surface area contributed by atoms with Gasteiger partial charge in [-0.15, -0.1) is 11.8 Å². The second-order valence-electron chi connectivity index (χ2n) is 7.62. The van der Waals surface area contributed by atoms with Crippen molar-refractivity contribution in [3.8, 4) is 0 Å². The number of hydrogen-bond acceptors (Lipinski definition) is 3. The van der Waals surface area contributed by atoms with Crippen molar-refractivity contribution in [1.82, 2.24) is 0 Å². The fourth-order valence-corrected chi connectivity index (χ4v) is 4.20. The Labute approximate surface area is 145 Å². The predicted octanol–water partition coefficient (Wildman–Crippen LogP) is 5.03. The molecule has 0 aliphatic carbocycles. The van der Waals surface area contributed by atoms with E-state index in [2.05, 4.69) is 63.4 Å². The van der Waals surface area contributed by atoms with Gasteiger partial charge in [0.1, 0.15) is 0 Å². The maximum absolute atomic E-state index is 6.19. The Bertz CT molecular complexity index is 552. The molecule has 0 spiro atoms. The van der Waals surface area contributed by atoms with Crippen molar-refractivity contribution < 1.29 is 9.31 Å². The lowest BCUT2D eigenvalue weighted by atomic mass is 9.80. The highest BCUT2D eigenvalue weighted by molar-refractivity contribution is 8.04. The lowest BCUT2D eigenvalue weighted by molar-refractivity contribution is 0.00578. The van der Waals surface area contributed by atoms with Crippen molar-refractivity contribution in [2.24, 2.45) is 0 Å². The molecule has 1 aromatic rings. The second kappa shape index (κ2) is 6.66. The first-order valence-electron chi connectivity index (χ1n) is 8.60. The largest absolute Gasteiger partial charge is 0.472 e. The van der Waals surface area contributed by atoms with Gasteiger partial charge in [-0.1, -0.05) is 35.9 Å². The average molecular weight is 330 g/mol. The van der Waals surface area contributed by atoms with Crippen LogP contribution in [0.3, 0.4) is 0 Å². The number of allylic oxidation sites excluding steroid dienone is 1. The van der Waals surface area contributed by atoms with E-state index in [9.17, 15) is 0 Å². The number of aryl methyl sites for hydroxylation is 1. The highest BCUT2D eigenvalue weighted by Gasteiger charge is 2.54. The molecule has 0 radical (unpaired) electrons. The van der Waals surface area contributed by atoms with E-state index in [1.165, 1.54) is 18.4 Å². The molecule has 2 nitrogen and oxygen atoms in total. The third kappa shape index (κ3) is 3.86. The lowest BCUT2D eigenvalue weighted by Gasteiger charge is -2.32. The lowest BCUT2D eigenvalue weighted by Crippen LogP contribution is -2.41. The quantitative estimate of drug-likeness (QED) is 0.706. The fourth-order valence-electron chi connectivity index (χ4n) is 3.06. The molecule has 0 saturated carbocycles. The predicted molar refractivity (Wildman–Crippen MR) is 99.5 cm³/mol. The second-order valence-corrected chi connectivity index (χ2v) is 8.73. The summed E-state index contributed by atoms with van der Waals surface area (Å²) in [5.41, 5.74) is 2.52. The van der Waals surface area contributed by atoms with Crippen LogP contribution in [-0.4, -0.2) is 23.5 Å². The van der Waals surface area contributed by atoms with E-state index in [-0.39, 0.29) is 18.3 Å². The normalized spacial score (nSPS) is 25.7. The molecular weight excluding hydrogens is 303 g/mol. The summed E-state index contributed by atoms with van der Waals surface area (Å²) in [5.74, 6) is 0. The molecule has 124 valence electrons. The molecule has 1 aromatic carbocycles. The topological polar surface area (TPSA) is 18.5 Å². The van der Waals surface area contributed by atoms with Gasteiger partial charge in [0.15, 0.2) is 0 Å². The Morgan fingerprint density at radius 1 is 1.04 bits per heavy atom. The molecule has 0 bridgehead atoms. The maximum atomic E-state index is 6.19. The molecule has 0 aromatic heterocycles. The van der Waals surface area contributed by atoms with Gasteiger partial charge in [0.2, 0.25) is 0 Å². The first-order valence-corrected chi connectivity index (χ1v) is 9.55. The van der Waals surface area contributed by atoms with Gasteiger partial charge in [-0.3, -0.25) is 0 Å². The minimum Gasteiger partial charge on any atom is -0.402 e. The summed E-state index contributed by atoms with van der Waals surface area (Å²) < 4.78 is 12.4. The van der Waals surface area contributed by atoms with Crippen LogP contribution in [-0.2, 0) is 15.7 Å². The van der Waals surface area contributed by atoms with E-state index in [4.69, 9.17) is 9.31 Å². The van der Waals surface area contributed by atoms with E-state index in [1.807, 2.05) is 11.8 Å². The first kappa shape index (κ1) is 17.1. The molecular formula is C19H27BO2S. The summed E-state index contributed by atoms with van der Waals surface area (Å²) >= 11 is 1.88. The van der Waals surface area contributed by atoms with E-state index in [0.29, 0.717) is 5.15 Å². The minimum absolute atomic E-state index is 0.0899. The summed E-state index contributed by atoms with van der Waals surface area (Å²) in [7, 11) is -0.0899. The smallest absolute Gasteiger partial charge is 0.402 e. The maximum Gasteiger partial charge on any atom is 0.472 e. The van der Waals surface area contributed by atoms with E-state index in [0.717, 1.165) is 12.8 Å². The van der Waals surface area contributed by atoms with Gasteiger partial charge in [0.05, 0.1) is 11.2 Å².